The van der Waals surface area contributed by atoms with E-state index in [9.17, 15) is 9.90 Å². The summed E-state index contributed by atoms with van der Waals surface area (Å²) in [6.45, 7) is 0. The van der Waals surface area contributed by atoms with Gasteiger partial charge in [-0.1, -0.05) is 12.1 Å². The molecule has 0 unspecified atom stereocenters. The van der Waals surface area contributed by atoms with Gasteiger partial charge in [0.25, 0.3) is 5.91 Å². The molecule has 1 amide bonds. The van der Waals surface area contributed by atoms with E-state index in [4.69, 9.17) is 23.7 Å². The van der Waals surface area contributed by atoms with Crippen LogP contribution < -0.4 is 5.43 Å². The number of amides is 1. The molecule has 2 N–H and O–H groups in total. The van der Waals surface area contributed by atoms with E-state index >= 15 is 0 Å². The van der Waals surface area contributed by atoms with Crippen LogP contribution in [-0.2, 0) is 28.5 Å². The topological polar surface area (TPSA) is 108 Å². The number of benzene rings is 1. The highest BCUT2D eigenvalue weighted by Crippen LogP contribution is 2.27. The molecule has 1 aliphatic rings. The molecule has 144 valence electrons. The average Bonchev–Trinajstić information content (AvgIpc) is 2.67. The summed E-state index contributed by atoms with van der Waals surface area (Å²) in [5, 5.41) is 13.6. The Balaban J connectivity index is 2.11. The van der Waals surface area contributed by atoms with Crippen LogP contribution in [0.25, 0.3) is 0 Å². The average molecular weight is 368 g/mol. The predicted octanol–water partition coefficient (Wildman–Crippen LogP) is 0.259. The lowest BCUT2D eigenvalue weighted by Gasteiger charge is -2.43. The number of methoxy groups -OCH3 is 4. The molecule has 0 aliphatic carbocycles. The number of aromatic hydroxyl groups is 1. The molecule has 0 aromatic heterocycles. The van der Waals surface area contributed by atoms with Crippen LogP contribution in [0.3, 0.4) is 0 Å². The van der Waals surface area contributed by atoms with Crippen molar-refractivity contribution in [2.45, 2.75) is 30.7 Å². The normalized spacial score (nSPS) is 29.0. The van der Waals surface area contributed by atoms with Crippen molar-refractivity contribution in [3.05, 3.63) is 29.8 Å². The number of carbonyl (C=O) groups is 1. The maximum Gasteiger partial charge on any atom is 0.272 e. The highest BCUT2D eigenvalue weighted by molar-refractivity contribution is 5.86. The number of phenolic OH excluding ortho intramolecular Hbond substituents is 1. The summed E-state index contributed by atoms with van der Waals surface area (Å²) in [5.74, 6) is -0.488. The number of rotatable bonds is 7. The number of hydrogen-bond donors (Lipinski definition) is 2. The van der Waals surface area contributed by atoms with E-state index in [1.54, 1.807) is 18.2 Å². The van der Waals surface area contributed by atoms with Crippen molar-refractivity contribution in [3.63, 3.8) is 0 Å². The highest BCUT2D eigenvalue weighted by atomic mass is 16.7. The Kier molecular flexibility index (Phi) is 7.49. The molecule has 1 aromatic carbocycles. The molecule has 26 heavy (non-hydrogen) atoms. The predicted molar refractivity (Wildman–Crippen MR) is 91.9 cm³/mol. The first-order valence-corrected chi connectivity index (χ1v) is 7.94. The molecule has 1 saturated heterocycles. The van der Waals surface area contributed by atoms with Crippen LogP contribution in [-0.4, -0.2) is 76.4 Å². The fourth-order valence-corrected chi connectivity index (χ4v) is 2.81. The lowest BCUT2D eigenvalue weighted by Crippen LogP contribution is -2.63. The van der Waals surface area contributed by atoms with Crippen LogP contribution in [0.5, 0.6) is 5.75 Å². The number of para-hydroxylation sites is 1. The third-order valence-corrected chi connectivity index (χ3v) is 4.12. The van der Waals surface area contributed by atoms with Crippen molar-refractivity contribution in [3.8, 4) is 5.75 Å². The van der Waals surface area contributed by atoms with Gasteiger partial charge in [0.05, 0.1) is 6.21 Å². The molecule has 0 spiro atoms. The van der Waals surface area contributed by atoms with Gasteiger partial charge in [-0.2, -0.15) is 5.10 Å². The summed E-state index contributed by atoms with van der Waals surface area (Å²) in [6, 6.07) is 6.61. The van der Waals surface area contributed by atoms with E-state index in [-0.39, 0.29) is 5.75 Å². The molecular formula is C17H24N2O7. The summed E-state index contributed by atoms with van der Waals surface area (Å²) in [4.78, 5) is 12.5. The summed E-state index contributed by atoms with van der Waals surface area (Å²) in [7, 11) is 5.88. The van der Waals surface area contributed by atoms with Crippen molar-refractivity contribution >= 4 is 12.1 Å². The number of ether oxygens (including phenoxy) is 5. The molecule has 9 heteroatoms. The van der Waals surface area contributed by atoms with Gasteiger partial charge in [0.15, 0.2) is 12.4 Å². The first-order valence-electron chi connectivity index (χ1n) is 7.94. The van der Waals surface area contributed by atoms with Gasteiger partial charge in [-0.15, -0.1) is 0 Å². The molecule has 1 heterocycles. The third-order valence-electron chi connectivity index (χ3n) is 4.12. The van der Waals surface area contributed by atoms with Crippen molar-refractivity contribution in [1.29, 1.82) is 0 Å². The quantitative estimate of drug-likeness (QED) is 0.525. The molecular weight excluding hydrogens is 344 g/mol. The van der Waals surface area contributed by atoms with Gasteiger partial charge in [-0.05, 0) is 12.1 Å². The fraction of sp³-hybridized carbons (Fsp3) is 0.529. The molecule has 1 aromatic rings. The molecule has 1 aliphatic heterocycles. The lowest BCUT2D eigenvalue weighted by molar-refractivity contribution is -0.296. The molecule has 9 nitrogen and oxygen atoms in total. The van der Waals surface area contributed by atoms with Gasteiger partial charge in [0, 0.05) is 34.0 Å². The zero-order chi connectivity index (χ0) is 19.1. The Morgan fingerprint density at radius 1 is 1.08 bits per heavy atom. The first kappa shape index (κ1) is 20.3. The SMILES string of the molecule is CO[C@H]1O[C@H](C(=O)N/N=C/c2ccccc2O)[C@@H](OC)[C@H](OC)[C@H]1OC. The fourth-order valence-electron chi connectivity index (χ4n) is 2.81. The van der Waals surface area contributed by atoms with Gasteiger partial charge in [0.2, 0.25) is 0 Å². The zero-order valence-corrected chi connectivity index (χ0v) is 15.1. The molecule has 1 fully saturated rings. The van der Waals surface area contributed by atoms with Gasteiger partial charge in [-0.25, -0.2) is 5.43 Å². The second-order valence-corrected chi connectivity index (χ2v) is 5.55. The van der Waals surface area contributed by atoms with E-state index in [0.29, 0.717) is 5.56 Å². The number of hydrazone groups is 1. The molecule has 2 rings (SSSR count). The molecule has 0 saturated carbocycles. The zero-order valence-electron chi connectivity index (χ0n) is 15.1. The van der Waals surface area contributed by atoms with E-state index in [2.05, 4.69) is 10.5 Å². The Morgan fingerprint density at radius 2 is 1.73 bits per heavy atom. The Hall–Kier alpha value is -2.04. The Bertz CT molecular complexity index is 625. The number of carbonyl (C=O) groups excluding carboxylic acids is 1. The highest BCUT2D eigenvalue weighted by Gasteiger charge is 2.50. The second kappa shape index (κ2) is 9.60. The molecule has 0 radical (unpaired) electrons. The van der Waals surface area contributed by atoms with Crippen LogP contribution in [0.15, 0.2) is 29.4 Å². The van der Waals surface area contributed by atoms with Crippen LogP contribution in [0.2, 0.25) is 0 Å². The van der Waals surface area contributed by atoms with Gasteiger partial charge < -0.3 is 28.8 Å². The minimum Gasteiger partial charge on any atom is -0.507 e. The largest absolute Gasteiger partial charge is 0.507 e. The lowest BCUT2D eigenvalue weighted by atomic mass is 9.97. The summed E-state index contributed by atoms with van der Waals surface area (Å²) >= 11 is 0. The maximum atomic E-state index is 12.5. The van der Waals surface area contributed by atoms with E-state index in [1.807, 2.05) is 0 Å². The van der Waals surface area contributed by atoms with Crippen molar-refractivity contribution < 1.29 is 33.6 Å². The van der Waals surface area contributed by atoms with Crippen LogP contribution in [0, 0.1) is 0 Å². The smallest absolute Gasteiger partial charge is 0.272 e. The van der Waals surface area contributed by atoms with Gasteiger partial charge in [0.1, 0.15) is 24.1 Å². The van der Waals surface area contributed by atoms with E-state index in [1.165, 1.54) is 40.7 Å². The van der Waals surface area contributed by atoms with Gasteiger partial charge >= 0.3 is 0 Å². The van der Waals surface area contributed by atoms with E-state index < -0.39 is 36.6 Å². The van der Waals surface area contributed by atoms with Crippen molar-refractivity contribution in [2.75, 3.05) is 28.4 Å². The summed E-state index contributed by atoms with van der Waals surface area (Å²) in [6.07, 6.45) is -2.38. The summed E-state index contributed by atoms with van der Waals surface area (Å²) < 4.78 is 27.1. The van der Waals surface area contributed by atoms with Gasteiger partial charge in [-0.3, -0.25) is 4.79 Å². The number of phenols is 1. The molecule has 0 bridgehead atoms. The summed E-state index contributed by atoms with van der Waals surface area (Å²) in [5.41, 5.74) is 2.84. The number of nitrogens with one attached hydrogen (secondary N) is 1. The standard InChI is InChI=1S/C17H24N2O7/c1-22-12-13(23-2)15(24-3)17(25-4)26-14(12)16(21)19-18-9-10-7-5-6-8-11(10)20/h5-9,12-15,17,20H,1-4H3,(H,19,21)/b18-9+/t12-,13-,14-,15+,17-/m0/s1. The second-order valence-electron chi connectivity index (χ2n) is 5.55. The van der Waals surface area contributed by atoms with E-state index in [0.717, 1.165) is 0 Å². The minimum atomic E-state index is -1.03. The third kappa shape index (κ3) is 4.37. The van der Waals surface area contributed by atoms with Crippen molar-refractivity contribution in [1.82, 2.24) is 5.43 Å². The van der Waals surface area contributed by atoms with Crippen LogP contribution in [0.4, 0.5) is 0 Å². The number of hydrogen-bond acceptors (Lipinski definition) is 8. The Morgan fingerprint density at radius 3 is 2.31 bits per heavy atom. The van der Waals surface area contributed by atoms with Crippen LogP contribution >= 0.6 is 0 Å². The maximum absolute atomic E-state index is 12.5. The number of nitrogens with zero attached hydrogens (tertiary/aromatic N) is 1. The first-order chi connectivity index (χ1) is 12.6. The molecule has 5 atom stereocenters. The van der Waals surface area contributed by atoms with Crippen molar-refractivity contribution in [2.24, 2.45) is 5.10 Å². The van der Waals surface area contributed by atoms with Crippen LogP contribution in [0.1, 0.15) is 5.56 Å². The Labute approximate surface area is 151 Å². The monoisotopic (exact) mass is 368 g/mol. The minimum absolute atomic E-state index is 0.0519.